The second-order valence-electron chi connectivity index (χ2n) is 21.0. The molecule has 0 spiro atoms. The molecule has 2 aromatic rings. The normalized spacial score (nSPS) is 29.6. The van der Waals surface area contributed by atoms with Gasteiger partial charge in [-0.2, -0.15) is 4.94 Å². The number of aliphatic hydroxyl groups excluding tert-OH is 1. The fourth-order valence-electron chi connectivity index (χ4n) is 10.6. The van der Waals surface area contributed by atoms with Gasteiger partial charge in [0, 0.05) is 31.1 Å². The van der Waals surface area contributed by atoms with Gasteiger partial charge >= 0.3 is 30.0 Å². The van der Waals surface area contributed by atoms with Gasteiger partial charge in [-0.3, -0.25) is 9.59 Å². The number of amides is 1. The summed E-state index contributed by atoms with van der Waals surface area (Å²) in [6, 6.07) is 14.4. The summed E-state index contributed by atoms with van der Waals surface area (Å²) >= 11 is 0. The van der Waals surface area contributed by atoms with Gasteiger partial charge in [0.1, 0.15) is 47.4 Å². The van der Waals surface area contributed by atoms with Gasteiger partial charge in [-0.1, -0.05) is 111 Å². The molecule has 1 saturated heterocycles. The lowest BCUT2D eigenvalue weighted by molar-refractivity contribution is -0.364. The van der Waals surface area contributed by atoms with Gasteiger partial charge in [0.25, 0.3) is 0 Å². The molecule has 1 heterocycles. The van der Waals surface area contributed by atoms with Gasteiger partial charge in [0.2, 0.25) is 6.10 Å². The van der Waals surface area contributed by atoms with Crippen molar-refractivity contribution >= 4 is 35.8 Å². The number of nitrogens with one attached hydrogen (secondary N) is 1. The summed E-state index contributed by atoms with van der Waals surface area (Å²) < 4.78 is 50.9. The van der Waals surface area contributed by atoms with Crippen LogP contribution in [-0.2, 0) is 52.5 Å². The zero-order chi connectivity index (χ0) is 53.6. The highest BCUT2D eigenvalue weighted by Gasteiger charge is 2.78. The topological polar surface area (TPSA) is 220 Å². The first kappa shape index (κ1) is 58.3. The maximum Gasteiger partial charge on any atom is 0.408 e. The maximum absolute atomic E-state index is 15.4. The van der Waals surface area contributed by atoms with Crippen LogP contribution in [0.25, 0.3) is 0 Å². The number of aliphatic hydroxyl groups is 2. The van der Waals surface area contributed by atoms with Crippen LogP contribution in [0.1, 0.15) is 145 Å². The van der Waals surface area contributed by atoms with E-state index in [1.54, 1.807) is 97.0 Å². The summed E-state index contributed by atoms with van der Waals surface area (Å²) in [4.78, 5) is 89.0. The number of benzene rings is 2. The van der Waals surface area contributed by atoms with Crippen molar-refractivity contribution in [2.75, 3.05) is 6.61 Å². The Morgan fingerprint density at radius 2 is 1.49 bits per heavy atom. The molecule has 71 heavy (non-hydrogen) atoms. The highest BCUT2D eigenvalue weighted by molar-refractivity contribution is 5.92. The van der Waals surface area contributed by atoms with E-state index in [0.717, 1.165) is 12.8 Å². The standard InChI is InChI=1S/C48H60FNO15.C4H10.C2H6/c1-11-30(52)41(55)61-36(35(28-18-14-12-15-19-28)50-43(57)64-44(5,6)7)42(56)60-31-23-48(58)39(62-40(54)29-20-16-13-17-21-29)37-46(10,38(53)26(3)34(25(31)2)45(48,8)9)32(65-49)22-33-47(37,24-59-33)63-27(4)51;1-4(2)3;1-2/h12-21,26,30-33,35-37,39,52,58H,11,22-24H2,1-10H3,(H,50,57);4H,1-3H3;1-2H3/t26?,30?,31-,32?,33?,35-,36+,37?,39-,46?,47-,48?;;/m0../s1. The number of ketones is 1. The average molecular weight is 998 g/mol. The zero-order valence-corrected chi connectivity index (χ0v) is 44.0. The van der Waals surface area contributed by atoms with Crippen molar-refractivity contribution < 1.29 is 76.9 Å². The number of esters is 4. The van der Waals surface area contributed by atoms with Crippen molar-refractivity contribution in [2.45, 2.75) is 183 Å². The second kappa shape index (κ2) is 23.1. The second-order valence-corrected chi connectivity index (χ2v) is 21.0. The summed E-state index contributed by atoms with van der Waals surface area (Å²) in [5.41, 5.74) is -7.66. The van der Waals surface area contributed by atoms with Gasteiger partial charge in [-0.15, -0.1) is 0 Å². The predicted octanol–water partition coefficient (Wildman–Crippen LogP) is 8.45. The number of ether oxygens (including phenoxy) is 6. The predicted molar refractivity (Wildman–Crippen MR) is 259 cm³/mol. The van der Waals surface area contributed by atoms with Gasteiger partial charge in [-0.05, 0) is 80.3 Å². The number of alkyl carbamates (subject to hydrolysis) is 1. The lowest BCUT2D eigenvalue weighted by Gasteiger charge is -2.67. The highest BCUT2D eigenvalue weighted by Crippen LogP contribution is 2.65. The summed E-state index contributed by atoms with van der Waals surface area (Å²) in [6.45, 7) is 25.6. The molecule has 3 aliphatic carbocycles. The fraction of sp³-hybridized carbons (Fsp3) is 0.630. The lowest BCUT2D eigenvalue weighted by Crippen LogP contribution is -2.81. The Bertz CT molecular complexity index is 2240. The molecule has 17 heteroatoms. The van der Waals surface area contributed by atoms with E-state index in [9.17, 15) is 34.2 Å². The van der Waals surface area contributed by atoms with E-state index in [4.69, 9.17) is 28.4 Å². The van der Waals surface area contributed by atoms with E-state index in [1.807, 2.05) is 13.8 Å². The molecular formula is C54H76FNO15. The van der Waals surface area contributed by atoms with Crippen molar-refractivity contribution in [2.24, 2.45) is 28.6 Å². The molecule has 12 atom stereocenters. The molecule has 6 rings (SSSR count). The summed E-state index contributed by atoms with van der Waals surface area (Å²) in [7, 11) is 0. The minimum atomic E-state index is -2.35. The third-order valence-corrected chi connectivity index (χ3v) is 13.8. The summed E-state index contributed by atoms with van der Waals surface area (Å²) in [6.07, 6.45) is -11.4. The Morgan fingerprint density at radius 3 is 1.99 bits per heavy atom. The van der Waals surface area contributed by atoms with Crippen LogP contribution < -0.4 is 5.32 Å². The molecule has 394 valence electrons. The van der Waals surface area contributed by atoms with Gasteiger partial charge < -0.3 is 44.0 Å². The van der Waals surface area contributed by atoms with Crippen LogP contribution in [0, 0.1) is 28.6 Å². The summed E-state index contributed by atoms with van der Waals surface area (Å²) in [5, 5.41) is 26.9. The molecule has 2 saturated carbocycles. The highest BCUT2D eigenvalue weighted by atomic mass is 19.3. The first-order valence-electron chi connectivity index (χ1n) is 24.6. The number of hydrogen-bond donors (Lipinski definition) is 3. The minimum Gasteiger partial charge on any atom is -0.455 e. The Morgan fingerprint density at radius 1 is 0.930 bits per heavy atom. The van der Waals surface area contributed by atoms with E-state index >= 15 is 9.32 Å². The number of hydrogen-bond acceptors (Lipinski definition) is 15. The van der Waals surface area contributed by atoms with Crippen LogP contribution in [0.5, 0.6) is 0 Å². The van der Waals surface area contributed by atoms with Crippen molar-refractivity contribution in [3.63, 3.8) is 0 Å². The Balaban J connectivity index is 0.00000174. The third kappa shape index (κ3) is 11.8. The van der Waals surface area contributed by atoms with Crippen LogP contribution in [0.3, 0.4) is 0 Å². The maximum atomic E-state index is 15.4. The smallest absolute Gasteiger partial charge is 0.408 e. The van der Waals surface area contributed by atoms with E-state index in [0.29, 0.717) is 5.57 Å². The first-order valence-corrected chi connectivity index (χ1v) is 24.6. The number of fused-ring (bicyclic) bond motifs is 5. The summed E-state index contributed by atoms with van der Waals surface area (Å²) in [5.74, 6) is -6.63. The SMILES string of the molecule is CC.CC(C)C.CCC(O)C(=O)O[C@@H](C(=O)O[C@H]1CC2(O)[C@@H](OC(=O)c3ccccc3)C3C(C)(C(=O)C(C)C(=C1C)C2(C)C)C(OF)CC1OC[C@]13OC(C)=O)[C@@H](NC(=O)OC(C)(C)C)c1ccccc1. The molecule has 1 aliphatic heterocycles. The van der Waals surface area contributed by atoms with E-state index < -0.39 is 124 Å². The van der Waals surface area contributed by atoms with Crippen LogP contribution in [0.2, 0.25) is 0 Å². The van der Waals surface area contributed by atoms with E-state index in [2.05, 4.69) is 31.0 Å². The first-order chi connectivity index (χ1) is 33.1. The van der Waals surface area contributed by atoms with Gasteiger partial charge in [0.15, 0.2) is 11.7 Å². The number of halogens is 1. The molecule has 4 aliphatic rings. The molecule has 2 bridgehead atoms. The Hall–Kier alpha value is -5.23. The molecule has 1 amide bonds. The third-order valence-electron chi connectivity index (χ3n) is 13.8. The van der Waals surface area contributed by atoms with Crippen molar-refractivity contribution in [1.29, 1.82) is 0 Å². The van der Waals surface area contributed by atoms with Crippen molar-refractivity contribution in [1.82, 2.24) is 5.32 Å². The molecule has 3 fully saturated rings. The molecule has 0 radical (unpaired) electrons. The average Bonchev–Trinajstić information content (AvgIpc) is 3.29. The molecule has 16 nitrogen and oxygen atoms in total. The number of carbonyl (C=O) groups is 6. The number of carbonyl (C=O) groups excluding carboxylic acids is 6. The minimum absolute atomic E-state index is 0.0588. The lowest BCUT2D eigenvalue weighted by atomic mass is 9.43. The van der Waals surface area contributed by atoms with Crippen LogP contribution in [0.4, 0.5) is 9.32 Å². The van der Waals surface area contributed by atoms with Crippen molar-refractivity contribution in [3.8, 4) is 0 Å². The zero-order valence-electron chi connectivity index (χ0n) is 44.0. The van der Waals surface area contributed by atoms with E-state index in [1.165, 1.54) is 26.0 Å². The monoisotopic (exact) mass is 998 g/mol. The largest absolute Gasteiger partial charge is 0.455 e. The molecule has 7 unspecified atom stereocenters. The molecular weight excluding hydrogens is 922 g/mol. The molecule has 3 N–H and O–H groups in total. The molecule has 0 aromatic heterocycles. The van der Waals surface area contributed by atoms with E-state index in [-0.39, 0.29) is 36.1 Å². The Labute approximate surface area is 417 Å². The Kier molecular flexibility index (Phi) is 19.0. The van der Waals surface area contributed by atoms with Crippen molar-refractivity contribution in [3.05, 3.63) is 82.9 Å². The van der Waals surface area contributed by atoms with Crippen LogP contribution in [0.15, 0.2) is 71.8 Å². The van der Waals surface area contributed by atoms with Gasteiger partial charge in [-0.25, -0.2) is 19.2 Å². The number of Topliss-reactive ketones (excluding diaryl/α,β-unsaturated/α-hetero) is 1. The fourth-order valence-corrected chi connectivity index (χ4v) is 10.6. The van der Waals surface area contributed by atoms with Crippen LogP contribution >= 0.6 is 0 Å². The van der Waals surface area contributed by atoms with Gasteiger partial charge in [0.05, 0.1) is 23.5 Å². The number of rotatable bonds is 12. The molecule has 2 aromatic carbocycles. The van der Waals surface area contributed by atoms with Crippen LogP contribution in [-0.4, -0.2) is 106 Å². The quantitative estimate of drug-likeness (QED) is 0.103.